The molecule has 0 amide bonds. The summed E-state index contributed by atoms with van der Waals surface area (Å²) in [6, 6.07) is 0.985. The molecule has 78 valence electrons. The number of hydrogen-bond donors (Lipinski definition) is 0. The van der Waals surface area contributed by atoms with E-state index in [2.05, 4.69) is 13.5 Å². The molecule has 0 aliphatic carbocycles. The van der Waals surface area contributed by atoms with Crippen molar-refractivity contribution in [2.45, 2.75) is 45.1 Å². The maximum absolute atomic E-state index is 5.85. The van der Waals surface area contributed by atoms with E-state index in [1.54, 1.807) is 0 Å². The largest absolute Gasteiger partial charge is 0.237 e. The van der Waals surface area contributed by atoms with E-state index in [1.165, 1.54) is 32.1 Å². The molecule has 1 atom stereocenters. The fourth-order valence-electron chi connectivity index (χ4n) is 1.39. The van der Waals surface area contributed by atoms with Gasteiger partial charge in [0.2, 0.25) is 7.42 Å². The molecule has 1 unspecified atom stereocenters. The zero-order chi connectivity index (χ0) is 10.1. The van der Waals surface area contributed by atoms with Crippen LogP contribution in [0.3, 0.4) is 0 Å². The summed E-state index contributed by atoms with van der Waals surface area (Å²) in [5, 5.41) is 0. The van der Waals surface area contributed by atoms with Gasteiger partial charge in [-0.3, -0.25) is 0 Å². The molecule has 0 fully saturated rings. The van der Waals surface area contributed by atoms with Crippen LogP contribution >= 0.6 is 22.2 Å². The van der Waals surface area contributed by atoms with Crippen LogP contribution in [0.1, 0.15) is 39.0 Å². The minimum Gasteiger partial charge on any atom is -0.150 e. The zero-order valence-electron chi connectivity index (χ0n) is 8.44. The fraction of sp³-hybridized carbons (Fsp3) is 0.800. The van der Waals surface area contributed by atoms with Gasteiger partial charge in [-0.1, -0.05) is 38.7 Å². The average molecular weight is 239 g/mol. The van der Waals surface area contributed by atoms with Crippen molar-refractivity contribution in [2.24, 2.45) is 5.92 Å². The van der Waals surface area contributed by atoms with Crippen LogP contribution in [0.2, 0.25) is 6.04 Å². The second-order valence-corrected chi connectivity index (χ2v) is 8.56. The van der Waals surface area contributed by atoms with Crippen LogP contribution in [0, 0.1) is 5.92 Å². The Balaban J connectivity index is 3.42. The monoisotopic (exact) mass is 238 g/mol. The van der Waals surface area contributed by atoms with Crippen molar-refractivity contribution >= 4 is 29.6 Å². The average Bonchev–Trinajstić information content (AvgIpc) is 2.09. The predicted molar refractivity (Wildman–Crippen MR) is 66.1 cm³/mol. The summed E-state index contributed by atoms with van der Waals surface area (Å²) in [6.07, 6.45) is 8.48. The molecule has 0 saturated heterocycles. The summed E-state index contributed by atoms with van der Waals surface area (Å²) in [4.78, 5) is 0. The first-order valence-corrected chi connectivity index (χ1v) is 9.42. The molecule has 0 aromatic carbocycles. The maximum atomic E-state index is 5.85. The number of halogens is 2. The van der Waals surface area contributed by atoms with Crippen LogP contribution < -0.4 is 0 Å². The zero-order valence-corrected chi connectivity index (χ0v) is 11.1. The summed E-state index contributed by atoms with van der Waals surface area (Å²) in [7, 11) is -1.43. The Labute approximate surface area is 93.3 Å². The van der Waals surface area contributed by atoms with Crippen LogP contribution in [-0.4, -0.2) is 7.42 Å². The van der Waals surface area contributed by atoms with Crippen molar-refractivity contribution in [3.63, 3.8) is 0 Å². The molecule has 0 aromatic rings. The second kappa shape index (κ2) is 9.11. The number of unbranched alkanes of at least 4 members (excludes halogenated alkanes) is 3. The van der Waals surface area contributed by atoms with E-state index >= 15 is 0 Å². The Morgan fingerprint density at radius 1 is 1.31 bits per heavy atom. The van der Waals surface area contributed by atoms with Gasteiger partial charge in [-0.15, -0.1) is 6.58 Å². The van der Waals surface area contributed by atoms with Gasteiger partial charge in [0.05, 0.1) is 0 Å². The van der Waals surface area contributed by atoms with Crippen LogP contribution in [0.25, 0.3) is 0 Å². The van der Waals surface area contributed by atoms with Crippen LogP contribution in [-0.2, 0) is 0 Å². The lowest BCUT2D eigenvalue weighted by Crippen LogP contribution is -2.03. The number of rotatable bonds is 8. The fourth-order valence-corrected chi connectivity index (χ4v) is 3.65. The summed E-state index contributed by atoms with van der Waals surface area (Å²) in [5.74, 6) is 0.559. The summed E-state index contributed by atoms with van der Waals surface area (Å²) >= 11 is 11.7. The third kappa shape index (κ3) is 8.86. The van der Waals surface area contributed by atoms with Gasteiger partial charge in [0.1, 0.15) is 0 Å². The van der Waals surface area contributed by atoms with Gasteiger partial charge in [0.15, 0.2) is 0 Å². The third-order valence-corrected chi connectivity index (χ3v) is 4.27. The molecule has 0 aliphatic rings. The van der Waals surface area contributed by atoms with E-state index < -0.39 is 7.42 Å². The van der Waals surface area contributed by atoms with Crippen molar-refractivity contribution < 1.29 is 0 Å². The van der Waals surface area contributed by atoms with Gasteiger partial charge in [0, 0.05) is 0 Å². The first-order valence-electron chi connectivity index (χ1n) is 5.11. The van der Waals surface area contributed by atoms with E-state index in [4.69, 9.17) is 22.2 Å². The number of hydrogen-bond acceptors (Lipinski definition) is 0. The number of allylic oxidation sites excluding steroid dienone is 1. The smallest absolute Gasteiger partial charge is 0.150 e. The summed E-state index contributed by atoms with van der Waals surface area (Å²) in [6.45, 7) is 6.05. The Bertz CT molecular complexity index is 126. The molecule has 0 heterocycles. The quantitative estimate of drug-likeness (QED) is 0.254. The van der Waals surface area contributed by atoms with E-state index in [0.29, 0.717) is 5.92 Å². The molecule has 0 aromatic heterocycles. The van der Waals surface area contributed by atoms with Gasteiger partial charge >= 0.3 is 0 Å². The Hall–Kier alpha value is 0.537. The molecule has 0 spiro atoms. The third-order valence-electron chi connectivity index (χ3n) is 2.24. The highest BCUT2D eigenvalue weighted by atomic mass is 35.7. The van der Waals surface area contributed by atoms with Gasteiger partial charge in [-0.05, 0) is 18.4 Å². The van der Waals surface area contributed by atoms with E-state index in [-0.39, 0.29) is 0 Å². The SMILES string of the molecule is C=CC(CCCCCC)C[SiH](Cl)Cl. The predicted octanol–water partition coefficient (Wildman–Crippen LogP) is 4.46. The summed E-state index contributed by atoms with van der Waals surface area (Å²) in [5.41, 5.74) is 0. The first-order chi connectivity index (χ1) is 6.20. The molecule has 0 saturated carbocycles. The standard InChI is InChI=1S/C10H20Cl2Si/c1-3-5-6-7-8-10(4-2)9-13(11)12/h4,10,13H,2-3,5-9H2,1H3. The van der Waals surface area contributed by atoms with Gasteiger partial charge in [0.25, 0.3) is 0 Å². The van der Waals surface area contributed by atoms with E-state index in [9.17, 15) is 0 Å². The van der Waals surface area contributed by atoms with Gasteiger partial charge < -0.3 is 0 Å². The molecule has 0 nitrogen and oxygen atoms in total. The minimum absolute atomic E-state index is 0.559. The highest BCUT2D eigenvalue weighted by Crippen LogP contribution is 2.20. The van der Waals surface area contributed by atoms with Crippen molar-refractivity contribution in [3.8, 4) is 0 Å². The lowest BCUT2D eigenvalue weighted by Gasteiger charge is -2.11. The highest BCUT2D eigenvalue weighted by Gasteiger charge is 2.10. The normalized spacial score (nSPS) is 13.2. The van der Waals surface area contributed by atoms with Gasteiger partial charge in [-0.25, -0.2) is 0 Å². The highest BCUT2D eigenvalue weighted by molar-refractivity contribution is 7.33. The lowest BCUT2D eigenvalue weighted by atomic mass is 10.0. The second-order valence-electron chi connectivity index (χ2n) is 3.47. The Kier molecular flexibility index (Phi) is 9.48. The van der Waals surface area contributed by atoms with E-state index in [0.717, 1.165) is 6.04 Å². The van der Waals surface area contributed by atoms with Crippen LogP contribution in [0.15, 0.2) is 12.7 Å². The van der Waals surface area contributed by atoms with Gasteiger partial charge in [-0.2, -0.15) is 22.2 Å². The molecule has 0 bridgehead atoms. The Morgan fingerprint density at radius 2 is 2.00 bits per heavy atom. The summed E-state index contributed by atoms with van der Waals surface area (Å²) < 4.78 is 0. The van der Waals surface area contributed by atoms with Crippen LogP contribution in [0.4, 0.5) is 0 Å². The minimum atomic E-state index is -1.43. The van der Waals surface area contributed by atoms with Crippen molar-refractivity contribution in [1.82, 2.24) is 0 Å². The molecule has 0 radical (unpaired) electrons. The molecular weight excluding hydrogens is 219 g/mol. The molecule has 13 heavy (non-hydrogen) atoms. The molecular formula is C10H20Cl2Si. The van der Waals surface area contributed by atoms with Crippen molar-refractivity contribution in [2.75, 3.05) is 0 Å². The van der Waals surface area contributed by atoms with Crippen molar-refractivity contribution in [3.05, 3.63) is 12.7 Å². The molecule has 0 rings (SSSR count). The van der Waals surface area contributed by atoms with E-state index in [1.807, 2.05) is 6.08 Å². The first kappa shape index (κ1) is 13.5. The molecule has 3 heteroatoms. The van der Waals surface area contributed by atoms with Crippen LogP contribution in [0.5, 0.6) is 0 Å². The lowest BCUT2D eigenvalue weighted by molar-refractivity contribution is 0.561. The topological polar surface area (TPSA) is 0 Å². The molecule has 0 N–H and O–H groups in total. The van der Waals surface area contributed by atoms with Crippen molar-refractivity contribution in [1.29, 1.82) is 0 Å². The maximum Gasteiger partial charge on any atom is 0.237 e. The molecule has 0 aliphatic heterocycles. The Morgan fingerprint density at radius 3 is 2.46 bits per heavy atom.